The lowest BCUT2D eigenvalue weighted by Crippen LogP contribution is -2.44. The first kappa shape index (κ1) is 14.1. The highest BCUT2D eigenvalue weighted by molar-refractivity contribution is 6.01. The van der Waals surface area contributed by atoms with Crippen molar-refractivity contribution in [2.24, 2.45) is 5.92 Å². The van der Waals surface area contributed by atoms with Gasteiger partial charge in [0.05, 0.1) is 17.2 Å². The van der Waals surface area contributed by atoms with E-state index < -0.39 is 17.6 Å². The summed E-state index contributed by atoms with van der Waals surface area (Å²) in [5, 5.41) is 3.17. The summed E-state index contributed by atoms with van der Waals surface area (Å²) in [5.74, 6) is 0.160. The molecule has 2 heterocycles. The topological polar surface area (TPSA) is 32.3 Å². The van der Waals surface area contributed by atoms with Crippen LogP contribution in [-0.2, 0) is 6.18 Å². The molecule has 0 spiro atoms. The highest BCUT2D eigenvalue weighted by Crippen LogP contribution is 2.51. The van der Waals surface area contributed by atoms with E-state index in [1.807, 2.05) is 13.0 Å². The lowest BCUT2D eigenvalue weighted by atomic mass is 9.93. The highest BCUT2D eigenvalue weighted by atomic mass is 19.4. The first-order valence-electron chi connectivity index (χ1n) is 7.64. The number of benzene rings is 1. The minimum Gasteiger partial charge on any atom is -0.329 e. The fourth-order valence-electron chi connectivity index (χ4n) is 3.78. The predicted octanol–water partition coefficient (Wildman–Crippen LogP) is 2.93. The van der Waals surface area contributed by atoms with Crippen molar-refractivity contribution in [1.29, 1.82) is 0 Å². The lowest BCUT2D eigenvalue weighted by Gasteiger charge is -2.30. The van der Waals surface area contributed by atoms with Crippen molar-refractivity contribution in [3.05, 3.63) is 34.4 Å². The average molecular weight is 310 g/mol. The van der Waals surface area contributed by atoms with Crippen molar-refractivity contribution in [3.63, 3.8) is 0 Å². The molecular weight excluding hydrogens is 293 g/mol. The second kappa shape index (κ2) is 4.47. The minimum absolute atomic E-state index is 0.127. The van der Waals surface area contributed by atoms with Crippen LogP contribution in [0, 0.1) is 5.92 Å². The number of nitrogens with one attached hydrogen (secondary N) is 1. The van der Waals surface area contributed by atoms with Crippen LogP contribution >= 0.6 is 0 Å². The molecule has 1 aliphatic carbocycles. The molecule has 0 bridgehead atoms. The van der Waals surface area contributed by atoms with Gasteiger partial charge in [0, 0.05) is 19.6 Å². The van der Waals surface area contributed by atoms with Gasteiger partial charge in [-0.2, -0.15) is 13.2 Å². The molecule has 1 aromatic carbocycles. The molecule has 0 radical (unpaired) electrons. The largest absolute Gasteiger partial charge is 0.417 e. The van der Waals surface area contributed by atoms with Gasteiger partial charge in [0.25, 0.3) is 5.91 Å². The standard InChI is InChI=1S/C16H17F3N2O/c1-8-4-10(8)9-5-11-13-7-20-2-3-21(13)15(22)14(11)12(6-9)16(17,18)19/h5-6,8,10,13,20H,2-4,7H2,1H3/t8-,10+,13-/m1/s1. The normalized spacial score (nSPS) is 30.3. The third-order valence-electron chi connectivity index (χ3n) is 5.11. The van der Waals surface area contributed by atoms with Crippen LogP contribution in [0.5, 0.6) is 0 Å². The maximum absolute atomic E-state index is 13.5. The van der Waals surface area contributed by atoms with Gasteiger partial charge in [-0.05, 0) is 35.4 Å². The van der Waals surface area contributed by atoms with Crippen molar-refractivity contribution in [3.8, 4) is 0 Å². The number of fused-ring (bicyclic) bond motifs is 3. The Kier molecular flexibility index (Phi) is 2.86. The molecule has 3 nitrogen and oxygen atoms in total. The Morgan fingerprint density at radius 1 is 1.32 bits per heavy atom. The van der Waals surface area contributed by atoms with Gasteiger partial charge < -0.3 is 10.2 Å². The van der Waals surface area contributed by atoms with Crippen LogP contribution in [0.1, 0.15) is 52.4 Å². The molecule has 2 aliphatic heterocycles. The zero-order valence-electron chi connectivity index (χ0n) is 12.2. The average Bonchev–Trinajstić information content (AvgIpc) is 3.14. The van der Waals surface area contributed by atoms with Crippen LogP contribution in [-0.4, -0.2) is 30.4 Å². The van der Waals surface area contributed by atoms with Gasteiger partial charge in [0.1, 0.15) is 0 Å². The van der Waals surface area contributed by atoms with Crippen LogP contribution < -0.4 is 5.32 Å². The molecule has 4 rings (SSSR count). The van der Waals surface area contributed by atoms with Gasteiger partial charge in [-0.25, -0.2) is 0 Å². The van der Waals surface area contributed by atoms with E-state index in [0.717, 1.165) is 12.0 Å². The molecule has 3 aliphatic rings. The number of amides is 1. The molecule has 1 saturated heterocycles. The zero-order chi connectivity index (χ0) is 15.6. The number of carbonyl (C=O) groups excluding carboxylic acids is 1. The third-order valence-corrected chi connectivity index (χ3v) is 5.11. The summed E-state index contributed by atoms with van der Waals surface area (Å²) in [4.78, 5) is 14.0. The number of carbonyl (C=O) groups is 1. The molecule has 6 heteroatoms. The number of piperazine rings is 1. The summed E-state index contributed by atoms with van der Waals surface area (Å²) in [7, 11) is 0. The fourth-order valence-corrected chi connectivity index (χ4v) is 3.78. The number of alkyl halides is 3. The van der Waals surface area contributed by atoms with Crippen molar-refractivity contribution in [2.75, 3.05) is 19.6 Å². The minimum atomic E-state index is -4.49. The summed E-state index contributed by atoms with van der Waals surface area (Å²) < 4.78 is 40.4. The summed E-state index contributed by atoms with van der Waals surface area (Å²) in [6.45, 7) is 3.67. The van der Waals surface area contributed by atoms with Crippen molar-refractivity contribution >= 4 is 5.91 Å². The van der Waals surface area contributed by atoms with Gasteiger partial charge in [-0.3, -0.25) is 4.79 Å². The smallest absolute Gasteiger partial charge is 0.329 e. The summed E-state index contributed by atoms with van der Waals surface area (Å²) in [5.41, 5.74) is 0.414. The first-order chi connectivity index (χ1) is 10.4. The van der Waals surface area contributed by atoms with Crippen LogP contribution in [0.4, 0.5) is 13.2 Å². The van der Waals surface area contributed by atoms with E-state index in [1.165, 1.54) is 6.07 Å². The van der Waals surface area contributed by atoms with E-state index >= 15 is 0 Å². The van der Waals surface area contributed by atoms with Crippen LogP contribution in [0.25, 0.3) is 0 Å². The first-order valence-corrected chi connectivity index (χ1v) is 7.64. The maximum atomic E-state index is 13.5. The van der Waals surface area contributed by atoms with Crippen LogP contribution in [0.3, 0.4) is 0 Å². The van der Waals surface area contributed by atoms with E-state index in [9.17, 15) is 18.0 Å². The molecule has 1 N–H and O–H groups in total. The summed E-state index contributed by atoms with van der Waals surface area (Å²) in [6, 6.07) is 2.79. The van der Waals surface area contributed by atoms with Crippen molar-refractivity contribution < 1.29 is 18.0 Å². The van der Waals surface area contributed by atoms with Gasteiger partial charge in [-0.1, -0.05) is 13.0 Å². The zero-order valence-corrected chi connectivity index (χ0v) is 12.2. The molecule has 22 heavy (non-hydrogen) atoms. The molecule has 3 atom stereocenters. The number of nitrogens with zero attached hydrogens (tertiary/aromatic N) is 1. The number of rotatable bonds is 1. The molecule has 2 fully saturated rings. The van der Waals surface area contributed by atoms with Crippen LogP contribution in [0.2, 0.25) is 0 Å². The highest BCUT2D eigenvalue weighted by Gasteiger charge is 2.47. The molecular formula is C16H17F3N2O. The van der Waals surface area contributed by atoms with E-state index in [0.29, 0.717) is 31.1 Å². The quantitative estimate of drug-likeness (QED) is 0.865. The molecule has 1 aromatic rings. The van der Waals surface area contributed by atoms with Crippen LogP contribution in [0.15, 0.2) is 12.1 Å². The monoisotopic (exact) mass is 310 g/mol. The fraction of sp³-hybridized carbons (Fsp3) is 0.562. The Labute approximate surface area is 126 Å². The van der Waals surface area contributed by atoms with Crippen molar-refractivity contribution in [2.45, 2.75) is 31.5 Å². The molecule has 0 unspecified atom stereocenters. The lowest BCUT2D eigenvalue weighted by molar-refractivity contribution is -0.138. The van der Waals surface area contributed by atoms with E-state index in [4.69, 9.17) is 0 Å². The molecule has 118 valence electrons. The van der Waals surface area contributed by atoms with Gasteiger partial charge in [0.15, 0.2) is 0 Å². The number of hydrogen-bond acceptors (Lipinski definition) is 2. The maximum Gasteiger partial charge on any atom is 0.417 e. The van der Waals surface area contributed by atoms with Gasteiger partial charge >= 0.3 is 6.18 Å². The van der Waals surface area contributed by atoms with Gasteiger partial charge in [0.2, 0.25) is 0 Å². The predicted molar refractivity (Wildman–Crippen MR) is 74.6 cm³/mol. The Morgan fingerprint density at radius 2 is 2.05 bits per heavy atom. The van der Waals surface area contributed by atoms with Gasteiger partial charge in [-0.15, -0.1) is 0 Å². The Balaban J connectivity index is 1.89. The van der Waals surface area contributed by atoms with E-state index in [2.05, 4.69) is 5.32 Å². The Hall–Kier alpha value is -1.56. The summed E-state index contributed by atoms with van der Waals surface area (Å²) in [6.07, 6.45) is -3.56. The second-order valence-electron chi connectivity index (χ2n) is 6.57. The number of hydrogen-bond donors (Lipinski definition) is 1. The Morgan fingerprint density at radius 3 is 2.68 bits per heavy atom. The number of halogens is 3. The molecule has 0 aromatic heterocycles. The van der Waals surface area contributed by atoms with E-state index in [1.54, 1.807) is 4.90 Å². The van der Waals surface area contributed by atoms with Crippen molar-refractivity contribution in [1.82, 2.24) is 10.2 Å². The Bertz CT molecular complexity index is 656. The SMILES string of the molecule is C[C@@H]1C[C@@H]1c1cc2c(c(C(F)(F)F)c1)C(=O)N1CCNC[C@H]21. The third kappa shape index (κ3) is 1.96. The molecule has 1 saturated carbocycles. The second-order valence-corrected chi connectivity index (χ2v) is 6.57. The molecule has 1 amide bonds. The van der Waals surface area contributed by atoms with E-state index in [-0.39, 0.29) is 17.5 Å². The summed E-state index contributed by atoms with van der Waals surface area (Å²) >= 11 is 0.